The molecule has 144 valence electrons. The van der Waals surface area contributed by atoms with Gasteiger partial charge in [0.05, 0.1) is 23.6 Å². The lowest BCUT2D eigenvalue weighted by Gasteiger charge is -2.33. The van der Waals surface area contributed by atoms with Gasteiger partial charge in [0, 0.05) is 19.9 Å². The van der Waals surface area contributed by atoms with Crippen LogP contribution in [0.1, 0.15) is 19.8 Å². The second-order valence-corrected chi connectivity index (χ2v) is 6.86. The Morgan fingerprint density at radius 1 is 1.07 bits per heavy atom. The summed E-state index contributed by atoms with van der Waals surface area (Å²) >= 11 is 0. The first kappa shape index (κ1) is 18.0. The molecule has 3 amide bonds. The van der Waals surface area contributed by atoms with E-state index in [1.165, 1.54) is 6.92 Å². The van der Waals surface area contributed by atoms with Crippen LogP contribution in [0.4, 0.5) is 17.1 Å². The van der Waals surface area contributed by atoms with Crippen LogP contribution < -0.4 is 19.9 Å². The largest absolute Gasteiger partial charge is 0.476 e. The summed E-state index contributed by atoms with van der Waals surface area (Å²) in [7, 11) is 0. The van der Waals surface area contributed by atoms with E-state index < -0.39 is 6.10 Å². The maximum Gasteiger partial charge on any atom is 0.267 e. The van der Waals surface area contributed by atoms with Gasteiger partial charge in [-0.05, 0) is 30.7 Å². The highest BCUT2D eigenvalue weighted by molar-refractivity contribution is 6.04. The zero-order valence-corrected chi connectivity index (χ0v) is 15.6. The Kier molecular flexibility index (Phi) is 4.73. The van der Waals surface area contributed by atoms with E-state index in [1.54, 1.807) is 40.1 Å². The number of nitrogens with zero attached hydrogens (tertiary/aromatic N) is 2. The van der Waals surface area contributed by atoms with Crippen molar-refractivity contribution in [3.63, 3.8) is 0 Å². The van der Waals surface area contributed by atoms with Gasteiger partial charge in [0.25, 0.3) is 5.91 Å². The van der Waals surface area contributed by atoms with E-state index in [1.807, 2.05) is 18.2 Å². The van der Waals surface area contributed by atoms with Crippen molar-refractivity contribution in [3.8, 4) is 5.75 Å². The third kappa shape index (κ3) is 3.31. The third-order valence-corrected chi connectivity index (χ3v) is 4.97. The molecule has 1 atom stereocenters. The SMILES string of the molecule is CC(=O)N1C[C@H](C(=O)Nc2ccccc2N2CCCC2=O)Oc2ccccc21. The molecule has 0 bridgehead atoms. The van der Waals surface area contributed by atoms with Crippen LogP contribution in [-0.2, 0) is 14.4 Å². The van der Waals surface area contributed by atoms with Crippen molar-refractivity contribution in [3.05, 3.63) is 48.5 Å². The molecule has 7 nitrogen and oxygen atoms in total. The molecular formula is C21H21N3O4. The van der Waals surface area contributed by atoms with Gasteiger partial charge in [-0.15, -0.1) is 0 Å². The summed E-state index contributed by atoms with van der Waals surface area (Å²) in [6, 6.07) is 14.4. The zero-order chi connectivity index (χ0) is 19.7. The number of amides is 3. The van der Waals surface area contributed by atoms with Crippen molar-refractivity contribution < 1.29 is 19.1 Å². The molecule has 1 saturated heterocycles. The average Bonchev–Trinajstić information content (AvgIpc) is 3.13. The van der Waals surface area contributed by atoms with Crippen molar-refractivity contribution in [1.29, 1.82) is 0 Å². The lowest BCUT2D eigenvalue weighted by atomic mass is 10.1. The molecule has 28 heavy (non-hydrogen) atoms. The van der Waals surface area contributed by atoms with Crippen LogP contribution in [0.2, 0.25) is 0 Å². The van der Waals surface area contributed by atoms with E-state index in [9.17, 15) is 14.4 Å². The van der Waals surface area contributed by atoms with E-state index in [2.05, 4.69) is 5.32 Å². The van der Waals surface area contributed by atoms with E-state index in [-0.39, 0.29) is 24.3 Å². The first-order valence-corrected chi connectivity index (χ1v) is 9.28. The third-order valence-electron chi connectivity index (χ3n) is 4.97. The number of fused-ring (bicyclic) bond motifs is 1. The van der Waals surface area contributed by atoms with Crippen molar-refractivity contribution >= 4 is 34.8 Å². The first-order valence-electron chi connectivity index (χ1n) is 9.28. The summed E-state index contributed by atoms with van der Waals surface area (Å²) in [6.07, 6.45) is 0.469. The van der Waals surface area contributed by atoms with Gasteiger partial charge < -0.3 is 19.9 Å². The van der Waals surface area contributed by atoms with Crippen LogP contribution in [0.3, 0.4) is 0 Å². The highest BCUT2D eigenvalue weighted by Gasteiger charge is 2.33. The van der Waals surface area contributed by atoms with Gasteiger partial charge in [-0.1, -0.05) is 24.3 Å². The molecule has 2 aromatic rings. The molecule has 1 N–H and O–H groups in total. The van der Waals surface area contributed by atoms with Gasteiger partial charge in [0.1, 0.15) is 5.75 Å². The standard InChI is InChI=1S/C21H21N3O4/c1-14(25)24-13-19(28-18-10-5-4-9-17(18)24)21(27)22-15-7-2-3-8-16(15)23-12-6-11-20(23)26/h2-5,7-10,19H,6,11-13H2,1H3,(H,22,27)/t19-/m1/s1. The molecule has 1 fully saturated rings. The Hall–Kier alpha value is -3.35. The minimum Gasteiger partial charge on any atom is -0.476 e. The van der Waals surface area contributed by atoms with Crippen molar-refractivity contribution in [2.75, 3.05) is 28.2 Å². The summed E-state index contributed by atoms with van der Waals surface area (Å²) in [6.45, 7) is 2.23. The molecule has 2 aliphatic heterocycles. The lowest BCUT2D eigenvalue weighted by molar-refractivity contribution is -0.123. The fourth-order valence-corrected chi connectivity index (χ4v) is 3.60. The van der Waals surface area contributed by atoms with Crippen LogP contribution >= 0.6 is 0 Å². The lowest BCUT2D eigenvalue weighted by Crippen LogP contribution is -2.48. The number of para-hydroxylation sites is 4. The number of anilines is 3. The Bertz CT molecular complexity index is 943. The molecular weight excluding hydrogens is 358 g/mol. The van der Waals surface area contributed by atoms with Crippen LogP contribution in [0, 0.1) is 0 Å². The number of benzene rings is 2. The maximum atomic E-state index is 12.9. The number of ether oxygens (including phenoxy) is 1. The Morgan fingerprint density at radius 3 is 2.50 bits per heavy atom. The second kappa shape index (κ2) is 7.34. The summed E-state index contributed by atoms with van der Waals surface area (Å²) < 4.78 is 5.85. The topological polar surface area (TPSA) is 79.0 Å². The van der Waals surface area contributed by atoms with Crippen molar-refractivity contribution in [2.45, 2.75) is 25.9 Å². The number of hydrogen-bond acceptors (Lipinski definition) is 4. The fraction of sp³-hybridized carbons (Fsp3) is 0.286. The summed E-state index contributed by atoms with van der Waals surface area (Å²) in [5.41, 5.74) is 1.89. The summed E-state index contributed by atoms with van der Waals surface area (Å²) in [5, 5.41) is 2.87. The molecule has 2 aromatic carbocycles. The smallest absolute Gasteiger partial charge is 0.267 e. The zero-order valence-electron chi connectivity index (χ0n) is 15.6. The monoisotopic (exact) mass is 379 g/mol. The number of carbonyl (C=O) groups is 3. The summed E-state index contributed by atoms with van der Waals surface area (Å²) in [4.78, 5) is 40.3. The quantitative estimate of drug-likeness (QED) is 0.889. The first-order chi connectivity index (χ1) is 13.5. The molecule has 0 saturated carbocycles. The minimum atomic E-state index is -0.846. The van der Waals surface area contributed by atoms with Gasteiger partial charge in [0.15, 0.2) is 6.10 Å². The van der Waals surface area contributed by atoms with Gasteiger partial charge in [-0.3, -0.25) is 14.4 Å². The Balaban J connectivity index is 1.57. The maximum absolute atomic E-state index is 12.9. The number of carbonyl (C=O) groups excluding carboxylic acids is 3. The number of hydrogen-bond donors (Lipinski definition) is 1. The van der Waals surface area contributed by atoms with Crippen molar-refractivity contribution in [2.24, 2.45) is 0 Å². The Labute approximate surface area is 162 Å². The number of nitrogens with one attached hydrogen (secondary N) is 1. The van der Waals surface area contributed by atoms with Crippen LogP contribution in [0.5, 0.6) is 5.75 Å². The molecule has 2 heterocycles. The molecule has 2 aliphatic rings. The number of rotatable bonds is 3. The molecule has 7 heteroatoms. The minimum absolute atomic E-state index is 0.0484. The predicted molar refractivity (Wildman–Crippen MR) is 106 cm³/mol. The van der Waals surface area contributed by atoms with E-state index in [0.717, 1.165) is 6.42 Å². The molecule has 0 aromatic heterocycles. The highest BCUT2D eigenvalue weighted by Crippen LogP contribution is 2.34. The van der Waals surface area contributed by atoms with Gasteiger partial charge in [-0.2, -0.15) is 0 Å². The molecule has 0 radical (unpaired) electrons. The van der Waals surface area contributed by atoms with Crippen LogP contribution in [0.25, 0.3) is 0 Å². The normalized spacial score (nSPS) is 18.5. The second-order valence-electron chi connectivity index (χ2n) is 6.86. The molecule has 0 spiro atoms. The Morgan fingerprint density at radius 2 is 1.79 bits per heavy atom. The molecule has 0 unspecified atom stereocenters. The molecule has 4 rings (SSSR count). The van der Waals surface area contributed by atoms with E-state index >= 15 is 0 Å². The highest BCUT2D eigenvalue weighted by atomic mass is 16.5. The average molecular weight is 379 g/mol. The van der Waals surface area contributed by atoms with Crippen molar-refractivity contribution in [1.82, 2.24) is 0 Å². The molecule has 0 aliphatic carbocycles. The summed E-state index contributed by atoms with van der Waals surface area (Å²) in [5.74, 6) is 0.0239. The van der Waals surface area contributed by atoms with Gasteiger partial charge in [0.2, 0.25) is 11.8 Å². The predicted octanol–water partition coefficient (Wildman–Crippen LogP) is 2.57. The van der Waals surface area contributed by atoms with Crippen LogP contribution in [0.15, 0.2) is 48.5 Å². The van der Waals surface area contributed by atoms with Crippen LogP contribution in [-0.4, -0.2) is 36.9 Å². The van der Waals surface area contributed by atoms with Gasteiger partial charge in [-0.25, -0.2) is 0 Å². The van der Waals surface area contributed by atoms with Gasteiger partial charge >= 0.3 is 0 Å². The van der Waals surface area contributed by atoms with E-state index in [4.69, 9.17) is 4.74 Å². The fourth-order valence-electron chi connectivity index (χ4n) is 3.60. The van der Waals surface area contributed by atoms with E-state index in [0.29, 0.717) is 35.8 Å².